The fraction of sp³-hybridized carbons (Fsp3) is 0. The predicted octanol–water partition coefficient (Wildman–Crippen LogP) is 2.53. The maximum atomic E-state index is 12.6. The monoisotopic (exact) mass is 192 g/mol. The van der Waals surface area contributed by atoms with Gasteiger partial charge in [-0.3, -0.25) is 0 Å². The number of aromatic nitrogens is 1. The first-order valence-electron chi connectivity index (χ1n) is 2.67. The van der Waals surface area contributed by atoms with E-state index in [2.05, 4.69) is 4.98 Å². The Labute approximate surface area is 72.5 Å². The van der Waals surface area contributed by atoms with Crippen LogP contribution < -0.4 is 0 Å². The summed E-state index contributed by atoms with van der Waals surface area (Å²) in [4.78, 5) is 3.45. The molecule has 0 amide bonds. The highest BCUT2D eigenvalue weighted by Crippen LogP contribution is 2.18. The Morgan fingerprint density at radius 2 is 2.09 bits per heavy atom. The lowest BCUT2D eigenvalue weighted by Gasteiger charge is -1.97. The molecule has 0 fully saturated rings. The molecule has 0 radical (unpaired) electrons. The fourth-order valence-corrected chi connectivity index (χ4v) is 0.937. The van der Waals surface area contributed by atoms with E-state index in [9.17, 15) is 4.39 Å². The van der Waals surface area contributed by atoms with Crippen molar-refractivity contribution in [2.24, 2.45) is 0 Å². The minimum absolute atomic E-state index is 0.0337. The van der Waals surface area contributed by atoms with Crippen molar-refractivity contribution in [2.45, 2.75) is 0 Å². The average Bonchev–Trinajstić information content (AvgIpc) is 1.97. The standard InChI is InChI=1S/C6H3Cl2FN2/c7-5-3(2-10)1-4(9)6(8)11-5/h1-2,10H. The lowest BCUT2D eigenvalue weighted by atomic mass is 10.3. The van der Waals surface area contributed by atoms with Crippen molar-refractivity contribution in [1.29, 1.82) is 5.41 Å². The van der Waals surface area contributed by atoms with Crippen molar-refractivity contribution in [3.8, 4) is 0 Å². The molecule has 0 unspecified atom stereocenters. The Bertz CT molecular complexity index is 301. The summed E-state index contributed by atoms with van der Waals surface area (Å²) in [6.45, 7) is 0. The molecule has 5 heteroatoms. The summed E-state index contributed by atoms with van der Waals surface area (Å²) >= 11 is 10.8. The van der Waals surface area contributed by atoms with Crippen LogP contribution in [0, 0.1) is 11.2 Å². The molecular weight excluding hydrogens is 190 g/mol. The highest BCUT2D eigenvalue weighted by atomic mass is 35.5. The van der Waals surface area contributed by atoms with Gasteiger partial charge in [0.1, 0.15) is 5.15 Å². The first kappa shape index (κ1) is 8.43. The van der Waals surface area contributed by atoms with E-state index >= 15 is 0 Å². The first-order valence-corrected chi connectivity index (χ1v) is 3.42. The maximum absolute atomic E-state index is 12.6. The summed E-state index contributed by atoms with van der Waals surface area (Å²) in [6.07, 6.45) is 0.911. The molecule has 1 rings (SSSR count). The normalized spacial score (nSPS) is 9.73. The first-order chi connectivity index (χ1) is 5.15. The van der Waals surface area contributed by atoms with Crippen LogP contribution in [0.3, 0.4) is 0 Å². The fourth-order valence-electron chi connectivity index (χ4n) is 0.561. The van der Waals surface area contributed by atoms with Crippen molar-refractivity contribution in [2.75, 3.05) is 0 Å². The Balaban J connectivity index is 3.31. The van der Waals surface area contributed by atoms with Gasteiger partial charge in [-0.2, -0.15) is 0 Å². The van der Waals surface area contributed by atoms with Crippen LogP contribution in [-0.2, 0) is 0 Å². The van der Waals surface area contributed by atoms with Crippen LogP contribution in [0.2, 0.25) is 10.3 Å². The number of hydrogen-bond acceptors (Lipinski definition) is 2. The average molecular weight is 193 g/mol. The van der Waals surface area contributed by atoms with Gasteiger partial charge in [0.15, 0.2) is 11.0 Å². The molecule has 0 saturated carbocycles. The van der Waals surface area contributed by atoms with E-state index in [-0.39, 0.29) is 15.9 Å². The number of rotatable bonds is 1. The van der Waals surface area contributed by atoms with E-state index < -0.39 is 5.82 Å². The Kier molecular flexibility index (Phi) is 2.42. The molecule has 11 heavy (non-hydrogen) atoms. The molecule has 0 aliphatic heterocycles. The van der Waals surface area contributed by atoms with E-state index in [1.165, 1.54) is 0 Å². The molecule has 1 aromatic rings. The molecule has 0 saturated heterocycles. The molecule has 0 aromatic carbocycles. The van der Waals surface area contributed by atoms with E-state index in [0.29, 0.717) is 0 Å². The number of nitrogens with zero attached hydrogens (tertiary/aromatic N) is 1. The summed E-state index contributed by atoms with van der Waals surface area (Å²) < 4.78 is 12.6. The maximum Gasteiger partial charge on any atom is 0.166 e. The zero-order chi connectivity index (χ0) is 8.43. The van der Waals surface area contributed by atoms with Crippen LogP contribution in [0.4, 0.5) is 4.39 Å². The van der Waals surface area contributed by atoms with Gasteiger partial charge in [-0.15, -0.1) is 0 Å². The SMILES string of the molecule is N=Cc1cc(F)c(Cl)nc1Cl. The largest absolute Gasteiger partial charge is 0.308 e. The molecule has 0 atom stereocenters. The molecule has 0 aliphatic rings. The third kappa shape index (κ3) is 1.67. The molecule has 0 spiro atoms. The summed E-state index contributed by atoms with van der Waals surface area (Å²) in [7, 11) is 0. The number of pyridine rings is 1. The third-order valence-corrected chi connectivity index (χ3v) is 1.64. The molecule has 58 valence electrons. The van der Waals surface area contributed by atoms with Crippen molar-refractivity contribution < 1.29 is 4.39 Å². The molecule has 1 heterocycles. The molecule has 0 aliphatic carbocycles. The second-order valence-corrected chi connectivity index (χ2v) is 2.50. The number of halogens is 3. The van der Waals surface area contributed by atoms with Gasteiger partial charge in [0.2, 0.25) is 0 Å². The summed E-state index contributed by atoms with van der Waals surface area (Å²) in [5.41, 5.74) is 0.216. The smallest absolute Gasteiger partial charge is 0.166 e. The Morgan fingerprint density at radius 1 is 1.45 bits per heavy atom. The quantitative estimate of drug-likeness (QED) is 0.539. The van der Waals surface area contributed by atoms with Crippen LogP contribution in [0.1, 0.15) is 5.56 Å². The van der Waals surface area contributed by atoms with Crippen molar-refractivity contribution in [1.82, 2.24) is 4.98 Å². The van der Waals surface area contributed by atoms with Crippen molar-refractivity contribution in [3.63, 3.8) is 0 Å². The van der Waals surface area contributed by atoms with Crippen molar-refractivity contribution in [3.05, 3.63) is 27.8 Å². The minimum atomic E-state index is -0.672. The van der Waals surface area contributed by atoms with Crippen LogP contribution in [0.5, 0.6) is 0 Å². The van der Waals surface area contributed by atoms with Gasteiger partial charge in [-0.25, -0.2) is 9.37 Å². The van der Waals surface area contributed by atoms with Crippen LogP contribution in [0.15, 0.2) is 6.07 Å². The zero-order valence-electron chi connectivity index (χ0n) is 5.24. The molecule has 2 nitrogen and oxygen atoms in total. The number of hydrogen-bond donors (Lipinski definition) is 1. The highest BCUT2D eigenvalue weighted by Gasteiger charge is 2.05. The van der Waals surface area contributed by atoms with Gasteiger partial charge in [0.05, 0.1) is 0 Å². The molecular formula is C6H3Cl2FN2. The summed E-state index contributed by atoms with van der Waals surface area (Å²) in [6, 6.07) is 1.06. The van der Waals surface area contributed by atoms with E-state index in [1.807, 2.05) is 0 Å². The van der Waals surface area contributed by atoms with Crippen LogP contribution in [-0.4, -0.2) is 11.2 Å². The molecule has 1 aromatic heterocycles. The van der Waals surface area contributed by atoms with Gasteiger partial charge >= 0.3 is 0 Å². The van der Waals surface area contributed by atoms with Gasteiger partial charge in [-0.1, -0.05) is 23.2 Å². The Morgan fingerprint density at radius 3 is 2.64 bits per heavy atom. The Hall–Kier alpha value is -0.670. The predicted molar refractivity (Wildman–Crippen MR) is 42.1 cm³/mol. The van der Waals surface area contributed by atoms with E-state index in [4.69, 9.17) is 28.6 Å². The number of nitrogens with one attached hydrogen (secondary N) is 1. The van der Waals surface area contributed by atoms with Crippen molar-refractivity contribution >= 4 is 29.4 Å². The summed E-state index contributed by atoms with van der Waals surface area (Å²) in [5, 5.41) is 6.55. The minimum Gasteiger partial charge on any atom is -0.308 e. The van der Waals surface area contributed by atoms with Gasteiger partial charge < -0.3 is 5.41 Å². The van der Waals surface area contributed by atoms with Crippen LogP contribution in [0.25, 0.3) is 0 Å². The van der Waals surface area contributed by atoms with Crippen LogP contribution >= 0.6 is 23.2 Å². The molecule has 1 N–H and O–H groups in total. The summed E-state index contributed by atoms with van der Waals surface area (Å²) in [5.74, 6) is -0.672. The second-order valence-electron chi connectivity index (χ2n) is 1.79. The lowest BCUT2D eigenvalue weighted by Crippen LogP contribution is -1.90. The third-order valence-electron chi connectivity index (χ3n) is 1.07. The van der Waals surface area contributed by atoms with Gasteiger partial charge in [0.25, 0.3) is 0 Å². The molecule has 0 bridgehead atoms. The van der Waals surface area contributed by atoms with E-state index in [1.54, 1.807) is 0 Å². The highest BCUT2D eigenvalue weighted by molar-refractivity contribution is 6.34. The second kappa shape index (κ2) is 3.15. The lowest BCUT2D eigenvalue weighted by molar-refractivity contribution is 0.621. The topological polar surface area (TPSA) is 36.7 Å². The zero-order valence-corrected chi connectivity index (χ0v) is 6.75. The van der Waals surface area contributed by atoms with E-state index in [0.717, 1.165) is 12.3 Å². The van der Waals surface area contributed by atoms with Gasteiger partial charge in [-0.05, 0) is 6.07 Å². The van der Waals surface area contributed by atoms with Gasteiger partial charge in [0, 0.05) is 11.8 Å².